The number of hydrogen-bond acceptors (Lipinski definition) is 3. The first kappa shape index (κ1) is 13.8. The Kier molecular flexibility index (Phi) is 3.46. The van der Waals surface area contributed by atoms with Gasteiger partial charge in [-0.15, -0.1) is 0 Å². The molecule has 0 unspecified atom stereocenters. The summed E-state index contributed by atoms with van der Waals surface area (Å²) in [6, 6.07) is 3.37. The van der Waals surface area contributed by atoms with Crippen LogP contribution >= 0.6 is 0 Å². The number of halogens is 1. The van der Waals surface area contributed by atoms with Gasteiger partial charge in [0.05, 0.1) is 5.69 Å². The summed E-state index contributed by atoms with van der Waals surface area (Å²) in [5.74, 6) is 1.27. The van der Waals surface area contributed by atoms with Crippen LogP contribution in [-0.4, -0.2) is 15.0 Å². The quantitative estimate of drug-likeness (QED) is 0.790. The van der Waals surface area contributed by atoms with Gasteiger partial charge in [0, 0.05) is 6.54 Å². The standard InChI is InChI=1S/C14H19FN2O2S/c15-11-5-6-14(13(16)7-11)20(18,19)17-8-12(9-1-2-9)10-3-4-10/h5-7,9-10,12,17H,1-4,8,16H2. The van der Waals surface area contributed by atoms with Gasteiger partial charge in [-0.25, -0.2) is 17.5 Å². The van der Waals surface area contributed by atoms with E-state index in [-0.39, 0.29) is 10.6 Å². The third kappa shape index (κ3) is 2.96. The van der Waals surface area contributed by atoms with E-state index in [2.05, 4.69) is 4.72 Å². The average molecular weight is 298 g/mol. The average Bonchev–Trinajstić information content (AvgIpc) is 3.23. The van der Waals surface area contributed by atoms with E-state index in [1.54, 1.807) is 0 Å². The Labute approximate surface area is 118 Å². The summed E-state index contributed by atoms with van der Waals surface area (Å²) >= 11 is 0. The molecular weight excluding hydrogens is 279 g/mol. The molecule has 3 N–H and O–H groups in total. The highest BCUT2D eigenvalue weighted by Crippen LogP contribution is 2.48. The van der Waals surface area contributed by atoms with Gasteiger partial charge in [-0.2, -0.15) is 0 Å². The molecule has 0 aliphatic heterocycles. The van der Waals surface area contributed by atoms with Gasteiger partial charge in [-0.05, 0) is 61.6 Å². The third-order valence-corrected chi connectivity index (χ3v) is 5.72. The number of sulfonamides is 1. The fourth-order valence-corrected chi connectivity index (χ4v) is 4.00. The van der Waals surface area contributed by atoms with Gasteiger partial charge in [0.2, 0.25) is 10.0 Å². The Balaban J connectivity index is 1.71. The van der Waals surface area contributed by atoms with Crippen LogP contribution in [0, 0.1) is 23.6 Å². The van der Waals surface area contributed by atoms with Crippen LogP contribution in [0.1, 0.15) is 25.7 Å². The van der Waals surface area contributed by atoms with Crippen molar-refractivity contribution in [3.05, 3.63) is 24.0 Å². The molecule has 0 saturated heterocycles. The smallest absolute Gasteiger partial charge is 0.242 e. The molecule has 0 heterocycles. The number of anilines is 1. The van der Waals surface area contributed by atoms with Crippen molar-refractivity contribution in [2.24, 2.45) is 17.8 Å². The molecule has 1 aromatic rings. The predicted molar refractivity (Wildman–Crippen MR) is 74.9 cm³/mol. The molecular formula is C14H19FN2O2S. The Hall–Kier alpha value is -1.14. The minimum Gasteiger partial charge on any atom is -0.398 e. The molecule has 0 amide bonds. The molecule has 0 radical (unpaired) electrons. The summed E-state index contributed by atoms with van der Waals surface area (Å²) in [5.41, 5.74) is 5.55. The highest BCUT2D eigenvalue weighted by atomic mass is 32.2. The number of nitrogen functional groups attached to an aromatic ring is 1. The molecule has 0 spiro atoms. The zero-order valence-electron chi connectivity index (χ0n) is 11.2. The van der Waals surface area contributed by atoms with E-state index in [0.29, 0.717) is 24.3 Å². The highest BCUT2D eigenvalue weighted by Gasteiger charge is 2.41. The second kappa shape index (κ2) is 5.00. The Morgan fingerprint density at radius 3 is 2.35 bits per heavy atom. The molecule has 0 atom stereocenters. The summed E-state index contributed by atoms with van der Waals surface area (Å²) in [4.78, 5) is -0.0377. The first-order valence-corrected chi connectivity index (χ1v) is 8.50. The minimum atomic E-state index is -3.66. The zero-order valence-corrected chi connectivity index (χ0v) is 12.0. The molecule has 110 valence electrons. The summed E-state index contributed by atoms with van der Waals surface area (Å²) in [6.07, 6.45) is 4.84. The molecule has 2 aliphatic rings. The molecule has 2 fully saturated rings. The lowest BCUT2D eigenvalue weighted by Crippen LogP contribution is -2.31. The van der Waals surface area contributed by atoms with E-state index in [1.165, 1.54) is 31.7 Å². The van der Waals surface area contributed by atoms with Crippen LogP contribution in [0.15, 0.2) is 23.1 Å². The maximum atomic E-state index is 13.0. The van der Waals surface area contributed by atoms with Crippen LogP contribution in [0.2, 0.25) is 0 Å². The zero-order chi connectivity index (χ0) is 14.3. The van der Waals surface area contributed by atoms with Crippen LogP contribution in [0.4, 0.5) is 10.1 Å². The third-order valence-electron chi connectivity index (χ3n) is 4.23. The number of hydrogen-bond donors (Lipinski definition) is 2. The maximum Gasteiger partial charge on any atom is 0.242 e. The van der Waals surface area contributed by atoms with Crippen molar-refractivity contribution in [2.45, 2.75) is 30.6 Å². The molecule has 3 rings (SSSR count). The number of benzene rings is 1. The molecule has 0 aromatic heterocycles. The van der Waals surface area contributed by atoms with Crippen molar-refractivity contribution >= 4 is 15.7 Å². The normalized spacial score (nSPS) is 19.5. The van der Waals surface area contributed by atoms with Crippen molar-refractivity contribution in [3.63, 3.8) is 0 Å². The Morgan fingerprint density at radius 1 is 1.25 bits per heavy atom. The van der Waals surface area contributed by atoms with Crippen LogP contribution in [0.5, 0.6) is 0 Å². The van der Waals surface area contributed by atoms with E-state index >= 15 is 0 Å². The van der Waals surface area contributed by atoms with E-state index in [0.717, 1.165) is 12.1 Å². The molecule has 2 aliphatic carbocycles. The molecule has 6 heteroatoms. The number of nitrogens with two attached hydrogens (primary N) is 1. The van der Waals surface area contributed by atoms with E-state index in [4.69, 9.17) is 5.73 Å². The van der Waals surface area contributed by atoms with Crippen molar-refractivity contribution in [1.82, 2.24) is 4.72 Å². The van der Waals surface area contributed by atoms with Gasteiger partial charge >= 0.3 is 0 Å². The van der Waals surface area contributed by atoms with Crippen molar-refractivity contribution in [3.8, 4) is 0 Å². The van der Waals surface area contributed by atoms with E-state index in [1.807, 2.05) is 0 Å². The van der Waals surface area contributed by atoms with Crippen molar-refractivity contribution in [2.75, 3.05) is 12.3 Å². The van der Waals surface area contributed by atoms with Crippen LogP contribution in [0.25, 0.3) is 0 Å². The fraction of sp³-hybridized carbons (Fsp3) is 0.571. The summed E-state index contributed by atoms with van der Waals surface area (Å²) < 4.78 is 40.1. The Bertz CT molecular complexity index is 598. The molecule has 0 bridgehead atoms. The van der Waals surface area contributed by atoms with Crippen LogP contribution < -0.4 is 10.5 Å². The highest BCUT2D eigenvalue weighted by molar-refractivity contribution is 7.89. The first-order chi connectivity index (χ1) is 9.47. The topological polar surface area (TPSA) is 72.2 Å². The largest absolute Gasteiger partial charge is 0.398 e. The van der Waals surface area contributed by atoms with Gasteiger partial charge in [0.1, 0.15) is 10.7 Å². The number of rotatable bonds is 6. The molecule has 2 saturated carbocycles. The second-order valence-corrected chi connectivity index (χ2v) is 7.61. The van der Waals surface area contributed by atoms with Gasteiger partial charge in [0.15, 0.2) is 0 Å². The van der Waals surface area contributed by atoms with E-state index < -0.39 is 15.8 Å². The van der Waals surface area contributed by atoms with Crippen molar-refractivity contribution < 1.29 is 12.8 Å². The van der Waals surface area contributed by atoms with Gasteiger partial charge in [-0.3, -0.25) is 0 Å². The van der Waals surface area contributed by atoms with Gasteiger partial charge < -0.3 is 5.73 Å². The lowest BCUT2D eigenvalue weighted by Gasteiger charge is -2.17. The van der Waals surface area contributed by atoms with Crippen LogP contribution in [0.3, 0.4) is 0 Å². The molecule has 4 nitrogen and oxygen atoms in total. The van der Waals surface area contributed by atoms with Crippen molar-refractivity contribution in [1.29, 1.82) is 0 Å². The molecule has 20 heavy (non-hydrogen) atoms. The monoisotopic (exact) mass is 298 g/mol. The van der Waals surface area contributed by atoms with Crippen LogP contribution in [-0.2, 0) is 10.0 Å². The van der Waals surface area contributed by atoms with E-state index in [9.17, 15) is 12.8 Å². The SMILES string of the molecule is Nc1cc(F)ccc1S(=O)(=O)NCC(C1CC1)C1CC1. The van der Waals surface area contributed by atoms with Gasteiger partial charge in [-0.1, -0.05) is 0 Å². The lowest BCUT2D eigenvalue weighted by molar-refractivity contribution is 0.401. The summed E-state index contributed by atoms with van der Waals surface area (Å²) in [7, 11) is -3.66. The predicted octanol–water partition coefficient (Wildman–Crippen LogP) is 2.12. The summed E-state index contributed by atoms with van der Waals surface area (Å²) in [6.45, 7) is 0.467. The second-order valence-electron chi connectivity index (χ2n) is 5.87. The Morgan fingerprint density at radius 2 is 1.85 bits per heavy atom. The first-order valence-electron chi connectivity index (χ1n) is 7.02. The summed E-state index contributed by atoms with van der Waals surface area (Å²) in [5, 5.41) is 0. The fourth-order valence-electron chi connectivity index (χ4n) is 2.81. The maximum absolute atomic E-state index is 13.0. The lowest BCUT2D eigenvalue weighted by atomic mass is 9.99. The van der Waals surface area contributed by atoms with Gasteiger partial charge in [0.25, 0.3) is 0 Å². The minimum absolute atomic E-state index is 0.0377. The number of nitrogens with one attached hydrogen (secondary N) is 1. The molecule has 1 aromatic carbocycles.